The van der Waals surface area contributed by atoms with Crippen LogP contribution < -0.4 is 15.8 Å². The Kier molecular flexibility index (Phi) is 5.00. The molecule has 1 aliphatic rings. The lowest BCUT2D eigenvalue weighted by atomic mass is 10.2. The minimum atomic E-state index is 0. The van der Waals surface area contributed by atoms with Crippen LogP contribution in [-0.2, 0) is 0 Å². The third-order valence-corrected chi connectivity index (χ3v) is 4.32. The molecule has 0 aliphatic heterocycles. The molecule has 2 heterocycles. The third kappa shape index (κ3) is 3.49. The van der Waals surface area contributed by atoms with Gasteiger partial charge in [0.1, 0.15) is 5.75 Å². The normalized spacial score (nSPS) is 19.6. The van der Waals surface area contributed by atoms with E-state index < -0.39 is 0 Å². The van der Waals surface area contributed by atoms with Gasteiger partial charge in [-0.2, -0.15) is 9.67 Å². The molecule has 1 saturated carbocycles. The van der Waals surface area contributed by atoms with Crippen LogP contribution in [0.15, 0.2) is 30.5 Å². The molecule has 3 N–H and O–H groups in total. The van der Waals surface area contributed by atoms with Crippen molar-refractivity contribution >= 4 is 29.5 Å². The zero-order valence-electron chi connectivity index (χ0n) is 13.8. The fourth-order valence-corrected chi connectivity index (χ4v) is 3.03. The number of ether oxygens (including phenoxy) is 1. The van der Waals surface area contributed by atoms with E-state index in [0.29, 0.717) is 23.2 Å². The van der Waals surface area contributed by atoms with Gasteiger partial charge in [0, 0.05) is 12.1 Å². The fraction of sp³-hybridized carbons (Fsp3) is 0.375. The molecule has 8 nitrogen and oxygen atoms in total. The Hall–Kier alpha value is -2.45. The molecule has 0 amide bonds. The molecule has 1 fully saturated rings. The average Bonchev–Trinajstić information content (AvgIpc) is 3.21. The van der Waals surface area contributed by atoms with Crippen LogP contribution >= 0.6 is 12.4 Å². The summed E-state index contributed by atoms with van der Waals surface area (Å²) in [6.45, 7) is 0. The SMILES string of the molecule is COc1ccc(-n2nnc3cnc(N[C@@H]4CC[C@@H](N)C4)nc32)cc1.Cl. The highest BCUT2D eigenvalue weighted by molar-refractivity contribution is 5.85. The van der Waals surface area contributed by atoms with Crippen molar-refractivity contribution in [1.82, 2.24) is 25.0 Å². The molecule has 0 spiro atoms. The number of rotatable bonds is 4. The minimum Gasteiger partial charge on any atom is -0.497 e. The predicted molar refractivity (Wildman–Crippen MR) is 97.5 cm³/mol. The van der Waals surface area contributed by atoms with Crippen molar-refractivity contribution < 1.29 is 4.74 Å². The van der Waals surface area contributed by atoms with Gasteiger partial charge in [0.25, 0.3) is 0 Å². The first-order valence-corrected chi connectivity index (χ1v) is 7.98. The van der Waals surface area contributed by atoms with E-state index in [1.54, 1.807) is 18.0 Å². The lowest BCUT2D eigenvalue weighted by Gasteiger charge is -2.12. The molecule has 0 radical (unpaired) electrons. The number of hydrogen-bond acceptors (Lipinski definition) is 7. The maximum absolute atomic E-state index is 5.96. The van der Waals surface area contributed by atoms with Crippen LogP contribution in [-0.4, -0.2) is 44.2 Å². The Balaban J connectivity index is 0.00000182. The van der Waals surface area contributed by atoms with Crippen LogP contribution in [0.5, 0.6) is 5.75 Å². The van der Waals surface area contributed by atoms with Crippen molar-refractivity contribution in [1.29, 1.82) is 0 Å². The zero-order chi connectivity index (χ0) is 16.5. The van der Waals surface area contributed by atoms with Crippen molar-refractivity contribution in [2.75, 3.05) is 12.4 Å². The van der Waals surface area contributed by atoms with E-state index in [2.05, 4.69) is 25.6 Å². The zero-order valence-corrected chi connectivity index (χ0v) is 14.6. The smallest absolute Gasteiger partial charge is 0.225 e. The van der Waals surface area contributed by atoms with Crippen molar-refractivity contribution in [2.24, 2.45) is 5.73 Å². The number of nitrogens with two attached hydrogens (primary N) is 1. The average molecular weight is 362 g/mol. The molecule has 0 unspecified atom stereocenters. The van der Waals surface area contributed by atoms with Gasteiger partial charge < -0.3 is 15.8 Å². The summed E-state index contributed by atoms with van der Waals surface area (Å²) in [6, 6.07) is 8.17. The van der Waals surface area contributed by atoms with E-state index in [4.69, 9.17) is 10.5 Å². The molecule has 9 heteroatoms. The van der Waals surface area contributed by atoms with Crippen LogP contribution in [0.3, 0.4) is 0 Å². The van der Waals surface area contributed by atoms with E-state index in [1.807, 2.05) is 24.3 Å². The number of anilines is 1. The van der Waals surface area contributed by atoms with E-state index in [0.717, 1.165) is 30.7 Å². The number of nitrogens with zero attached hydrogens (tertiary/aromatic N) is 5. The second kappa shape index (κ2) is 7.20. The number of methoxy groups -OCH3 is 1. The van der Waals surface area contributed by atoms with Crippen molar-refractivity contribution in [2.45, 2.75) is 31.3 Å². The van der Waals surface area contributed by atoms with E-state index in [9.17, 15) is 0 Å². The summed E-state index contributed by atoms with van der Waals surface area (Å²) in [4.78, 5) is 8.92. The maximum Gasteiger partial charge on any atom is 0.225 e. The lowest BCUT2D eigenvalue weighted by molar-refractivity contribution is 0.414. The maximum atomic E-state index is 5.96. The molecule has 2 atom stereocenters. The highest BCUT2D eigenvalue weighted by atomic mass is 35.5. The minimum absolute atomic E-state index is 0. The summed E-state index contributed by atoms with van der Waals surface area (Å²) in [5, 5.41) is 11.7. The fourth-order valence-electron chi connectivity index (χ4n) is 3.03. The van der Waals surface area contributed by atoms with Crippen LogP contribution in [0, 0.1) is 0 Å². The van der Waals surface area contributed by atoms with Gasteiger partial charge >= 0.3 is 0 Å². The summed E-state index contributed by atoms with van der Waals surface area (Å²) >= 11 is 0. The molecule has 4 rings (SSSR count). The summed E-state index contributed by atoms with van der Waals surface area (Å²) in [7, 11) is 1.64. The molecule has 0 bridgehead atoms. The molecular weight excluding hydrogens is 342 g/mol. The molecule has 25 heavy (non-hydrogen) atoms. The number of hydrogen-bond donors (Lipinski definition) is 2. The van der Waals surface area contributed by atoms with Gasteiger partial charge in [-0.15, -0.1) is 17.5 Å². The van der Waals surface area contributed by atoms with Gasteiger partial charge in [-0.25, -0.2) is 4.98 Å². The molecule has 2 aromatic heterocycles. The van der Waals surface area contributed by atoms with Crippen molar-refractivity contribution in [3.63, 3.8) is 0 Å². The molecule has 1 aliphatic carbocycles. The number of fused-ring (bicyclic) bond motifs is 1. The molecular formula is C16H20ClN7O. The van der Waals surface area contributed by atoms with Gasteiger partial charge in [0.2, 0.25) is 5.95 Å². The Morgan fingerprint density at radius 2 is 2.04 bits per heavy atom. The first-order valence-electron chi connectivity index (χ1n) is 7.98. The molecule has 1 aromatic carbocycles. The Bertz CT molecular complexity index is 851. The number of nitrogens with one attached hydrogen (secondary N) is 1. The number of aromatic nitrogens is 5. The van der Waals surface area contributed by atoms with Gasteiger partial charge in [-0.05, 0) is 43.5 Å². The Morgan fingerprint density at radius 3 is 2.72 bits per heavy atom. The Morgan fingerprint density at radius 1 is 1.24 bits per heavy atom. The van der Waals surface area contributed by atoms with Crippen LogP contribution in [0.4, 0.5) is 5.95 Å². The summed E-state index contributed by atoms with van der Waals surface area (Å²) in [5.74, 6) is 1.37. The Labute approximate surface area is 151 Å². The monoisotopic (exact) mass is 361 g/mol. The first-order chi connectivity index (χ1) is 11.7. The standard InChI is InChI=1S/C16H19N7O.ClH/c1-24-13-6-4-12(5-7-13)23-15-14(21-22-23)9-18-16(20-15)19-11-3-2-10(17)8-11;/h4-7,9-11H,2-3,8,17H2,1H3,(H,18,19,20);1H/t10-,11-;/m1./s1. The summed E-state index contributed by atoms with van der Waals surface area (Å²) in [5.41, 5.74) is 8.15. The van der Waals surface area contributed by atoms with Crippen molar-refractivity contribution in [3.8, 4) is 11.4 Å². The quantitative estimate of drug-likeness (QED) is 0.731. The van der Waals surface area contributed by atoms with E-state index in [-0.39, 0.29) is 18.4 Å². The number of halogens is 1. The topological polar surface area (TPSA) is 104 Å². The molecule has 132 valence electrons. The van der Waals surface area contributed by atoms with Gasteiger partial charge in [0.05, 0.1) is 19.0 Å². The lowest BCUT2D eigenvalue weighted by Crippen LogP contribution is -2.21. The van der Waals surface area contributed by atoms with E-state index >= 15 is 0 Å². The second-order valence-electron chi connectivity index (χ2n) is 6.02. The molecule has 3 aromatic rings. The predicted octanol–water partition coefficient (Wildman–Crippen LogP) is 1.93. The number of benzene rings is 1. The van der Waals surface area contributed by atoms with Crippen LogP contribution in [0.1, 0.15) is 19.3 Å². The molecule has 0 saturated heterocycles. The largest absolute Gasteiger partial charge is 0.497 e. The summed E-state index contributed by atoms with van der Waals surface area (Å²) in [6.07, 6.45) is 4.70. The third-order valence-electron chi connectivity index (χ3n) is 4.32. The van der Waals surface area contributed by atoms with Gasteiger partial charge in [-0.1, -0.05) is 5.21 Å². The van der Waals surface area contributed by atoms with Gasteiger partial charge in [0.15, 0.2) is 11.2 Å². The second-order valence-corrected chi connectivity index (χ2v) is 6.02. The van der Waals surface area contributed by atoms with Crippen LogP contribution in [0.25, 0.3) is 16.9 Å². The van der Waals surface area contributed by atoms with E-state index in [1.165, 1.54) is 0 Å². The highest BCUT2D eigenvalue weighted by Crippen LogP contribution is 2.22. The van der Waals surface area contributed by atoms with Crippen molar-refractivity contribution in [3.05, 3.63) is 30.5 Å². The van der Waals surface area contributed by atoms with Crippen LogP contribution in [0.2, 0.25) is 0 Å². The first kappa shape index (κ1) is 17.4. The van der Waals surface area contributed by atoms with Gasteiger partial charge in [-0.3, -0.25) is 0 Å². The summed E-state index contributed by atoms with van der Waals surface area (Å²) < 4.78 is 6.88. The highest BCUT2D eigenvalue weighted by Gasteiger charge is 2.22.